The van der Waals surface area contributed by atoms with E-state index in [9.17, 15) is 12.3 Å². The van der Waals surface area contributed by atoms with Gasteiger partial charge >= 0.3 is 0 Å². The molecule has 0 fully saturated rings. The van der Waals surface area contributed by atoms with E-state index in [0.717, 1.165) is 22.3 Å². The molecule has 57 heavy (non-hydrogen) atoms. The molecule has 0 radical (unpaired) electrons. The molecule has 1 aliphatic carbocycles. The Balaban J connectivity index is 1.18. The molecule has 10 aromatic rings. The number of hydrogen-bond donors (Lipinski definition) is 0. The van der Waals surface area contributed by atoms with Crippen LogP contribution in [0, 0.1) is 0 Å². The maximum atomic E-state index is 9.72. The summed E-state index contributed by atoms with van der Waals surface area (Å²) in [6, 6.07) is 7.50. The predicted octanol–water partition coefficient (Wildman–Crippen LogP) is 14.0. The van der Waals surface area contributed by atoms with Gasteiger partial charge in [-0.1, -0.05) is 189 Å². The molecular weight excluding hydrogens is 691 g/mol. The van der Waals surface area contributed by atoms with Crippen LogP contribution in [0.5, 0.6) is 0 Å². The molecular formula is C54H37N3. The van der Waals surface area contributed by atoms with Crippen molar-refractivity contribution in [3.8, 4) is 67.5 Å². The van der Waals surface area contributed by atoms with Gasteiger partial charge in [-0.25, -0.2) is 15.0 Å². The highest BCUT2D eigenvalue weighted by Crippen LogP contribution is 2.51. The zero-order valence-electron chi connectivity index (χ0n) is 49.3. The molecule has 3 nitrogen and oxygen atoms in total. The number of rotatable bonds is 5. The van der Waals surface area contributed by atoms with E-state index in [1.807, 2.05) is 36.4 Å². The van der Waals surface area contributed by atoms with Gasteiger partial charge in [0.2, 0.25) is 0 Å². The summed E-state index contributed by atoms with van der Waals surface area (Å²) >= 11 is 0. The van der Waals surface area contributed by atoms with E-state index in [1.165, 1.54) is 0 Å². The average molecular weight is 747 g/mol. The minimum absolute atomic E-state index is 0.137. The van der Waals surface area contributed by atoms with E-state index < -0.39 is 169 Å². The Bertz CT molecular complexity index is 4240. The van der Waals surface area contributed by atoms with E-state index >= 15 is 0 Å². The van der Waals surface area contributed by atoms with E-state index in [4.69, 9.17) is 28.7 Å². The second-order valence-electron chi connectivity index (χ2n) is 14.1. The molecule has 0 amide bonds. The van der Waals surface area contributed by atoms with Crippen LogP contribution in [0.25, 0.3) is 99.9 Å². The summed E-state index contributed by atoms with van der Waals surface area (Å²) in [5, 5.41) is -2.59. The Labute approximate surface area is 358 Å². The number of fused-ring (bicyclic) bond motifs is 9. The molecule has 0 N–H and O–H groups in total. The van der Waals surface area contributed by atoms with Crippen molar-refractivity contribution in [1.29, 1.82) is 0 Å². The summed E-state index contributed by atoms with van der Waals surface area (Å²) in [5.41, 5.74) is 1.56. The highest BCUT2D eigenvalue weighted by atomic mass is 15.0. The van der Waals surface area contributed by atoms with E-state index in [1.54, 1.807) is 30.3 Å². The monoisotopic (exact) mass is 746 g/mol. The minimum atomic E-state index is -0.928. The third kappa shape index (κ3) is 5.38. The van der Waals surface area contributed by atoms with Crippen LogP contribution in [-0.4, -0.2) is 15.0 Å². The quantitative estimate of drug-likeness (QED) is 0.165. The van der Waals surface area contributed by atoms with E-state index in [-0.39, 0.29) is 28.4 Å². The maximum absolute atomic E-state index is 9.72. The maximum Gasteiger partial charge on any atom is 0.164 e. The van der Waals surface area contributed by atoms with Gasteiger partial charge in [0.05, 0.1) is 26.0 Å². The fourth-order valence-electron chi connectivity index (χ4n) is 7.69. The zero-order valence-corrected chi connectivity index (χ0v) is 30.3. The fraction of sp³-hybridized carbons (Fsp3) is 0.0556. The van der Waals surface area contributed by atoms with Crippen LogP contribution in [0.2, 0.25) is 0 Å². The highest BCUT2D eigenvalue weighted by Gasteiger charge is 2.37. The number of aromatic nitrogens is 3. The lowest BCUT2D eigenvalue weighted by Gasteiger charge is -2.21. The van der Waals surface area contributed by atoms with Crippen molar-refractivity contribution in [2.24, 2.45) is 0 Å². The molecule has 0 saturated carbocycles. The first-order valence-corrected chi connectivity index (χ1v) is 18.1. The number of hydrogen-bond acceptors (Lipinski definition) is 3. The number of nitrogens with zero attached hydrogens (tertiary/aromatic N) is 3. The van der Waals surface area contributed by atoms with Crippen molar-refractivity contribution in [2.75, 3.05) is 0 Å². The lowest BCUT2D eigenvalue weighted by molar-refractivity contribution is 0.660. The molecule has 11 rings (SSSR count). The second-order valence-corrected chi connectivity index (χ2v) is 14.1. The first-order valence-electron chi connectivity index (χ1n) is 27.6. The summed E-state index contributed by atoms with van der Waals surface area (Å²) in [5.74, 6) is 0.0300. The second kappa shape index (κ2) is 12.9. The lowest BCUT2D eigenvalue weighted by atomic mass is 9.82. The molecule has 1 aromatic heterocycles. The molecule has 0 spiro atoms. The van der Waals surface area contributed by atoms with E-state index in [2.05, 4.69) is 19.9 Å². The smallest absolute Gasteiger partial charge is 0.164 e. The molecule has 0 atom stereocenters. The molecule has 1 heterocycles. The summed E-state index contributed by atoms with van der Waals surface area (Å²) in [6.07, 6.45) is 0. The molecule has 0 bridgehead atoms. The van der Waals surface area contributed by atoms with Gasteiger partial charge < -0.3 is 0 Å². The van der Waals surface area contributed by atoms with Crippen molar-refractivity contribution in [3.63, 3.8) is 0 Å². The topological polar surface area (TPSA) is 38.7 Å². The van der Waals surface area contributed by atoms with Gasteiger partial charge in [0.15, 0.2) is 17.5 Å². The van der Waals surface area contributed by atoms with Gasteiger partial charge in [0.1, 0.15) is 0 Å². The van der Waals surface area contributed by atoms with E-state index in [0.29, 0.717) is 11.1 Å². The highest BCUT2D eigenvalue weighted by molar-refractivity contribution is 6.25. The zero-order chi connectivity index (χ0) is 54.6. The Morgan fingerprint density at radius 2 is 0.877 bits per heavy atom. The Kier molecular flexibility index (Phi) is 4.33. The van der Waals surface area contributed by atoms with Gasteiger partial charge in [-0.15, -0.1) is 0 Å². The molecule has 0 aliphatic heterocycles. The molecule has 0 unspecified atom stereocenters. The SMILES string of the molecule is [2H]c1c([2H])c(-c2nc(-c3ccccc3)nc(-c3cccc4c3-c3ccccc3C4(C)C)n2)c([2H])c(-c2c([2H])c([2H])c(-c3c([2H])c([2H])c4c5c([2H])c([2H])c([2H])c([2H])c5c5c([2H])c([2H])c([2H])c([2H])c5c4c3[2H])c([2H])c2[2H])c1[2H]. The van der Waals surface area contributed by atoms with Crippen molar-refractivity contribution in [3.05, 3.63) is 199 Å². The normalized spacial score (nSPS) is 17.5. The van der Waals surface area contributed by atoms with Gasteiger partial charge in [-0.05, 0) is 88.9 Å². The predicted molar refractivity (Wildman–Crippen MR) is 237 cm³/mol. The van der Waals surface area contributed by atoms with Crippen LogP contribution >= 0.6 is 0 Å². The first kappa shape index (κ1) is 19.1. The number of benzene rings is 9. The van der Waals surface area contributed by atoms with Crippen LogP contribution in [0.15, 0.2) is 188 Å². The largest absolute Gasteiger partial charge is 0.208 e. The lowest BCUT2D eigenvalue weighted by Crippen LogP contribution is -2.14. The van der Waals surface area contributed by atoms with Gasteiger partial charge in [0, 0.05) is 22.1 Å². The summed E-state index contributed by atoms with van der Waals surface area (Å²) in [6.45, 7) is 4.23. The first-order chi connectivity index (χ1) is 35.9. The third-order valence-electron chi connectivity index (χ3n) is 10.4. The van der Waals surface area contributed by atoms with Crippen LogP contribution in [0.3, 0.4) is 0 Å². The van der Waals surface area contributed by atoms with Crippen molar-refractivity contribution in [1.82, 2.24) is 15.0 Å². The molecule has 268 valence electrons. The summed E-state index contributed by atoms with van der Waals surface area (Å²) in [4.78, 5) is 14.5. The molecule has 3 heteroatoms. The summed E-state index contributed by atoms with van der Waals surface area (Å²) < 4.78 is 173. The fourth-order valence-corrected chi connectivity index (χ4v) is 7.69. The Hall–Kier alpha value is -7.23. The Morgan fingerprint density at radius 3 is 1.58 bits per heavy atom. The standard InChI is InChI=1S/C54H37N3/c1-54(2)48-24-11-10-22-45(48)50-46(23-13-25-49(50)54)53-56-51(36-14-4-3-5-15-36)55-52(57-53)39-17-12-16-37(32-39)34-26-28-35(29-27-34)38-30-31-44-42-20-7-6-18-40(42)41-19-8-9-21-43(41)47(44)33-38/h3-33H,1-2H3/i6D,7D,8D,9D,12D,16D,17D,18D,19D,20D,21D,26D,27D,28D,29D,30D,31D,32D,33D. The molecule has 0 saturated heterocycles. The molecule has 1 aliphatic rings. The van der Waals surface area contributed by atoms with Crippen molar-refractivity contribution >= 4 is 32.3 Å². The Morgan fingerprint density at radius 1 is 0.368 bits per heavy atom. The van der Waals surface area contributed by atoms with Crippen molar-refractivity contribution in [2.45, 2.75) is 19.3 Å². The molecule has 9 aromatic carbocycles. The van der Waals surface area contributed by atoms with Crippen LogP contribution < -0.4 is 0 Å². The van der Waals surface area contributed by atoms with Gasteiger partial charge in [-0.2, -0.15) is 0 Å². The minimum Gasteiger partial charge on any atom is -0.208 e. The average Bonchev–Trinajstić information content (AvgIpc) is 3.82. The van der Waals surface area contributed by atoms with Gasteiger partial charge in [-0.3, -0.25) is 0 Å². The van der Waals surface area contributed by atoms with Crippen LogP contribution in [0.4, 0.5) is 0 Å². The van der Waals surface area contributed by atoms with Gasteiger partial charge in [0.25, 0.3) is 0 Å². The summed E-state index contributed by atoms with van der Waals surface area (Å²) in [7, 11) is 0. The van der Waals surface area contributed by atoms with Crippen LogP contribution in [0.1, 0.15) is 51.0 Å². The van der Waals surface area contributed by atoms with Crippen LogP contribution in [-0.2, 0) is 5.41 Å². The third-order valence-corrected chi connectivity index (χ3v) is 10.4. The van der Waals surface area contributed by atoms with Crippen molar-refractivity contribution < 1.29 is 26.0 Å².